The molecule has 1 aliphatic rings. The van der Waals surface area contributed by atoms with E-state index in [9.17, 15) is 14.7 Å². The van der Waals surface area contributed by atoms with Gasteiger partial charge in [0.2, 0.25) is 11.9 Å². The second kappa shape index (κ2) is 17.7. The summed E-state index contributed by atoms with van der Waals surface area (Å²) in [5.74, 6) is -1.37. The molecule has 1 heterocycles. The number of rotatable bonds is 20. The van der Waals surface area contributed by atoms with Gasteiger partial charge < -0.3 is 19.7 Å². The number of ketones is 1. The van der Waals surface area contributed by atoms with Crippen molar-refractivity contribution in [2.45, 2.75) is 128 Å². The van der Waals surface area contributed by atoms with E-state index in [-0.39, 0.29) is 0 Å². The first kappa shape index (κ1) is 27.1. The van der Waals surface area contributed by atoms with E-state index in [1.807, 2.05) is 0 Å². The summed E-state index contributed by atoms with van der Waals surface area (Å²) < 4.78 is 10.2. The van der Waals surface area contributed by atoms with E-state index in [4.69, 9.17) is 14.6 Å². The zero-order valence-corrected chi connectivity index (χ0v) is 19.0. The Kier molecular flexibility index (Phi) is 15.9. The molecular formula is C24H44O6. The average molecular weight is 429 g/mol. The minimum absolute atomic E-state index is 0.325. The van der Waals surface area contributed by atoms with Crippen molar-refractivity contribution >= 4 is 11.8 Å². The van der Waals surface area contributed by atoms with Crippen molar-refractivity contribution in [3.05, 3.63) is 0 Å². The highest BCUT2D eigenvalue weighted by Crippen LogP contribution is 2.18. The largest absolute Gasteiger partial charge is 0.449 e. The van der Waals surface area contributed by atoms with Crippen LogP contribution in [0.25, 0.3) is 0 Å². The lowest BCUT2D eigenvalue weighted by molar-refractivity contribution is -0.153. The maximum absolute atomic E-state index is 12.0. The molecule has 0 aliphatic carbocycles. The molecule has 1 rings (SSSR count). The average Bonchev–Trinajstić information content (AvgIpc) is 3.03. The summed E-state index contributed by atoms with van der Waals surface area (Å²) in [4.78, 5) is 23.6. The van der Waals surface area contributed by atoms with Gasteiger partial charge in [-0.2, -0.15) is 0 Å². The van der Waals surface area contributed by atoms with Crippen LogP contribution in [0.5, 0.6) is 0 Å². The predicted octanol–water partition coefficient (Wildman–Crippen LogP) is 4.48. The fraction of sp³-hybridized carbons (Fsp3) is 0.917. The Balaban J connectivity index is 1.86. The van der Waals surface area contributed by atoms with Crippen LogP contribution in [0.2, 0.25) is 0 Å². The second-order valence-corrected chi connectivity index (χ2v) is 8.56. The highest BCUT2D eigenvalue weighted by Gasteiger charge is 2.47. The number of esters is 1. The molecule has 0 amide bonds. The van der Waals surface area contributed by atoms with Gasteiger partial charge in [0.25, 0.3) is 0 Å². The molecule has 30 heavy (non-hydrogen) atoms. The smallest absolute Gasteiger partial charge is 0.344 e. The number of aliphatic hydroxyl groups is 2. The predicted molar refractivity (Wildman–Crippen MR) is 117 cm³/mol. The lowest BCUT2D eigenvalue weighted by atomic mass is 10.0. The number of ether oxygens (including phenoxy) is 2. The first-order valence-electron chi connectivity index (χ1n) is 12.3. The fourth-order valence-electron chi connectivity index (χ4n) is 3.88. The number of carbonyl (C=O) groups is 2. The maximum Gasteiger partial charge on any atom is 0.344 e. The van der Waals surface area contributed by atoms with Gasteiger partial charge in [0, 0.05) is 6.61 Å². The summed E-state index contributed by atoms with van der Waals surface area (Å²) in [6, 6.07) is 0. The third-order valence-electron chi connectivity index (χ3n) is 5.81. The van der Waals surface area contributed by atoms with E-state index in [2.05, 4.69) is 6.92 Å². The highest BCUT2D eigenvalue weighted by molar-refractivity contribution is 6.09. The van der Waals surface area contributed by atoms with Crippen molar-refractivity contribution in [1.82, 2.24) is 0 Å². The van der Waals surface area contributed by atoms with Crippen LogP contribution in [0, 0.1) is 0 Å². The van der Waals surface area contributed by atoms with Gasteiger partial charge in [0.15, 0.2) is 6.10 Å². The number of Topliss-reactive ketones (excluding diaryl/α,β-unsaturated/α-hetero) is 1. The van der Waals surface area contributed by atoms with Gasteiger partial charge in [-0.25, -0.2) is 4.79 Å². The zero-order valence-electron chi connectivity index (χ0n) is 19.0. The number of unbranched alkanes of at least 4 members (excludes halogenated alkanes) is 15. The minimum Gasteiger partial charge on any atom is -0.449 e. The Morgan fingerprint density at radius 3 is 1.67 bits per heavy atom. The first-order chi connectivity index (χ1) is 14.6. The van der Waals surface area contributed by atoms with Crippen molar-refractivity contribution in [3.8, 4) is 0 Å². The third-order valence-corrected chi connectivity index (χ3v) is 5.81. The molecule has 6 nitrogen and oxygen atoms in total. The number of aliphatic hydroxyl groups excluding tert-OH is 2. The Bertz CT molecular complexity index is 453. The van der Waals surface area contributed by atoms with Crippen LogP contribution in [0.15, 0.2) is 0 Å². The molecule has 0 bridgehead atoms. The summed E-state index contributed by atoms with van der Waals surface area (Å²) in [6.07, 6.45) is 16.6. The van der Waals surface area contributed by atoms with Crippen LogP contribution in [0.3, 0.4) is 0 Å². The van der Waals surface area contributed by atoms with Crippen LogP contribution in [0.1, 0.15) is 110 Å². The van der Waals surface area contributed by atoms with E-state index in [0.29, 0.717) is 6.61 Å². The van der Waals surface area contributed by atoms with Crippen molar-refractivity contribution in [2.75, 3.05) is 13.2 Å². The highest BCUT2D eigenvalue weighted by atomic mass is 16.6. The van der Waals surface area contributed by atoms with Crippen LogP contribution in [0.4, 0.5) is 0 Å². The molecule has 0 radical (unpaired) electrons. The van der Waals surface area contributed by atoms with Gasteiger partial charge in [-0.1, -0.05) is 103 Å². The summed E-state index contributed by atoms with van der Waals surface area (Å²) in [6.45, 7) is 1.96. The quantitative estimate of drug-likeness (QED) is 0.169. The van der Waals surface area contributed by atoms with Gasteiger partial charge >= 0.3 is 5.97 Å². The lowest BCUT2D eigenvalue weighted by Gasteiger charge is -2.12. The number of hydrogen-bond acceptors (Lipinski definition) is 6. The van der Waals surface area contributed by atoms with E-state index >= 15 is 0 Å². The zero-order chi connectivity index (χ0) is 22.0. The minimum atomic E-state index is -1.38. The van der Waals surface area contributed by atoms with Gasteiger partial charge in [-0.05, 0) is 6.42 Å². The van der Waals surface area contributed by atoms with Crippen molar-refractivity contribution in [3.63, 3.8) is 0 Å². The molecule has 6 heteroatoms. The maximum atomic E-state index is 12.0. The first-order valence-corrected chi connectivity index (χ1v) is 12.3. The summed E-state index contributed by atoms with van der Waals surface area (Å²) in [7, 11) is 0. The Hall–Kier alpha value is -0.980. The number of hydrogen-bond donors (Lipinski definition) is 2. The molecule has 3 unspecified atom stereocenters. The molecule has 2 N–H and O–H groups in total. The van der Waals surface area contributed by atoms with Gasteiger partial charge in [0.1, 0.15) is 6.10 Å². The van der Waals surface area contributed by atoms with E-state index in [1.165, 1.54) is 83.5 Å². The molecule has 176 valence electrons. The van der Waals surface area contributed by atoms with Gasteiger partial charge in [-0.3, -0.25) is 4.79 Å². The monoisotopic (exact) mass is 428 g/mol. The van der Waals surface area contributed by atoms with Gasteiger partial charge in [0.05, 0.1) is 6.61 Å². The summed E-state index contributed by atoms with van der Waals surface area (Å²) >= 11 is 0. The Morgan fingerprint density at radius 1 is 0.800 bits per heavy atom. The molecule has 0 aromatic heterocycles. The van der Waals surface area contributed by atoms with E-state index in [0.717, 1.165) is 19.3 Å². The molecule has 1 fully saturated rings. The third kappa shape index (κ3) is 11.4. The number of carbonyl (C=O) groups excluding carboxylic acids is 2. The summed E-state index contributed by atoms with van der Waals surface area (Å²) in [5.41, 5.74) is 0. The Morgan fingerprint density at radius 2 is 1.23 bits per heavy atom. The van der Waals surface area contributed by atoms with Crippen molar-refractivity contribution in [2.24, 2.45) is 0 Å². The van der Waals surface area contributed by atoms with Crippen LogP contribution in [-0.4, -0.2) is 53.5 Å². The Labute approximate surface area is 182 Å². The van der Waals surface area contributed by atoms with Crippen LogP contribution in [-0.2, 0) is 19.1 Å². The SMILES string of the molecule is CCCCCCCCCCCCCCCCCCOC1C(=O)OC(C(O)CO)C1=O. The molecular weight excluding hydrogens is 384 g/mol. The molecule has 0 aromatic carbocycles. The molecule has 0 spiro atoms. The lowest BCUT2D eigenvalue weighted by Crippen LogP contribution is -2.37. The fourth-order valence-corrected chi connectivity index (χ4v) is 3.88. The van der Waals surface area contributed by atoms with Gasteiger partial charge in [-0.15, -0.1) is 0 Å². The standard InChI is InChI=1S/C24H44O6/c1-2-3-4-5-6-7-8-9-10-11-12-13-14-15-16-17-18-29-23-21(27)22(20(26)19-25)30-24(23)28/h20,22-23,25-26H,2-19H2,1H3. The molecule has 3 atom stereocenters. The topological polar surface area (TPSA) is 93.1 Å². The van der Waals surface area contributed by atoms with Crippen LogP contribution >= 0.6 is 0 Å². The molecule has 0 saturated carbocycles. The van der Waals surface area contributed by atoms with Crippen LogP contribution < -0.4 is 0 Å². The summed E-state index contributed by atoms with van der Waals surface area (Å²) in [5, 5.41) is 18.4. The van der Waals surface area contributed by atoms with E-state index < -0.39 is 36.7 Å². The second-order valence-electron chi connectivity index (χ2n) is 8.56. The molecule has 0 aromatic rings. The molecule has 1 saturated heterocycles. The van der Waals surface area contributed by atoms with Crippen molar-refractivity contribution < 1.29 is 29.3 Å². The molecule has 1 aliphatic heterocycles. The number of cyclic esters (lactones) is 1. The van der Waals surface area contributed by atoms with E-state index in [1.54, 1.807) is 0 Å². The normalized spacial score (nSPS) is 20.0. The van der Waals surface area contributed by atoms with Crippen molar-refractivity contribution in [1.29, 1.82) is 0 Å².